The maximum atomic E-state index is 12.5. The maximum absolute atomic E-state index is 12.5. The highest BCUT2D eigenvalue weighted by Gasteiger charge is 2.23. The predicted octanol–water partition coefficient (Wildman–Crippen LogP) is 2.13. The van der Waals surface area contributed by atoms with Gasteiger partial charge in [0.1, 0.15) is 12.1 Å². The molecule has 0 spiro atoms. The summed E-state index contributed by atoms with van der Waals surface area (Å²) in [6, 6.07) is 18.9. The van der Waals surface area contributed by atoms with Crippen LogP contribution in [-0.4, -0.2) is 42.3 Å². The second kappa shape index (κ2) is 9.77. The van der Waals surface area contributed by atoms with E-state index in [0.29, 0.717) is 19.6 Å². The number of amides is 1. The van der Waals surface area contributed by atoms with Crippen LogP contribution in [0.15, 0.2) is 59.4 Å². The highest BCUT2D eigenvalue weighted by molar-refractivity contribution is 5.84. The number of hydrogen-bond donors (Lipinski definition) is 2. The molecule has 2 atom stereocenters. The third kappa shape index (κ3) is 4.88. The lowest BCUT2D eigenvalue weighted by Crippen LogP contribution is -2.46. The zero-order valence-corrected chi connectivity index (χ0v) is 18.0. The van der Waals surface area contributed by atoms with Crippen molar-refractivity contribution in [2.45, 2.75) is 25.0 Å². The van der Waals surface area contributed by atoms with Crippen LogP contribution in [-0.2, 0) is 23.0 Å². The van der Waals surface area contributed by atoms with Crippen molar-refractivity contribution in [2.75, 3.05) is 19.7 Å². The second-order valence-electron chi connectivity index (χ2n) is 8.01. The molecule has 0 aliphatic carbocycles. The van der Waals surface area contributed by atoms with E-state index in [0.717, 1.165) is 40.6 Å². The molecule has 4 rings (SSSR count). The number of carbonyl (C=O) groups excluding carboxylic acids is 1. The maximum Gasteiger partial charge on any atom is 0.251 e. The van der Waals surface area contributed by atoms with Crippen LogP contribution in [0.2, 0.25) is 0 Å². The normalized spacial score (nSPS) is 17.3. The number of benzene rings is 2. The quantitative estimate of drug-likeness (QED) is 0.647. The first-order chi connectivity index (χ1) is 15.5. The van der Waals surface area contributed by atoms with Gasteiger partial charge >= 0.3 is 0 Å². The number of aromatic nitrogens is 1. The van der Waals surface area contributed by atoms with Gasteiger partial charge in [0.25, 0.3) is 11.5 Å². The fraction of sp³-hybridized carbons (Fsp3) is 0.320. The molecule has 0 radical (unpaired) electrons. The van der Waals surface area contributed by atoms with Gasteiger partial charge in [-0.3, -0.25) is 9.59 Å². The molecular formula is C25H26N4O3. The molecule has 2 unspecified atom stereocenters. The Bertz CT molecular complexity index is 1200. The summed E-state index contributed by atoms with van der Waals surface area (Å²) in [5.74, 6) is -0.260. The molecule has 1 aromatic heterocycles. The molecule has 3 aromatic rings. The van der Waals surface area contributed by atoms with E-state index in [9.17, 15) is 14.9 Å². The van der Waals surface area contributed by atoms with Crippen molar-refractivity contribution in [2.24, 2.45) is 7.05 Å². The zero-order chi connectivity index (χ0) is 22.5. The highest BCUT2D eigenvalue weighted by Crippen LogP contribution is 2.24. The number of carbonyl (C=O) groups is 1. The molecule has 1 aliphatic rings. The summed E-state index contributed by atoms with van der Waals surface area (Å²) in [5, 5.41) is 16.5. The minimum atomic E-state index is -0.629. The zero-order valence-electron chi connectivity index (χ0n) is 18.0. The van der Waals surface area contributed by atoms with E-state index in [-0.39, 0.29) is 11.5 Å². The van der Waals surface area contributed by atoms with Crippen molar-refractivity contribution in [3.63, 3.8) is 0 Å². The van der Waals surface area contributed by atoms with Crippen molar-refractivity contribution >= 4 is 16.8 Å². The molecule has 164 valence electrons. The van der Waals surface area contributed by atoms with Gasteiger partial charge in [-0.25, -0.2) is 0 Å². The van der Waals surface area contributed by atoms with Crippen LogP contribution in [0, 0.1) is 11.3 Å². The third-order valence-electron chi connectivity index (χ3n) is 5.77. The van der Waals surface area contributed by atoms with E-state index in [1.165, 1.54) is 0 Å². The molecule has 1 amide bonds. The Labute approximate surface area is 186 Å². The molecule has 1 fully saturated rings. The summed E-state index contributed by atoms with van der Waals surface area (Å²) in [4.78, 5) is 24.4. The second-order valence-corrected chi connectivity index (χ2v) is 8.01. The molecule has 2 N–H and O–H groups in total. The van der Waals surface area contributed by atoms with Crippen molar-refractivity contribution in [1.29, 1.82) is 5.26 Å². The summed E-state index contributed by atoms with van der Waals surface area (Å²) in [7, 11) is 1.77. The van der Waals surface area contributed by atoms with Gasteiger partial charge in [0.2, 0.25) is 0 Å². The Morgan fingerprint density at radius 1 is 1.22 bits per heavy atom. The lowest BCUT2D eigenvalue weighted by atomic mass is 10.00. The van der Waals surface area contributed by atoms with Crippen LogP contribution >= 0.6 is 0 Å². The lowest BCUT2D eigenvalue weighted by molar-refractivity contribution is -0.132. The van der Waals surface area contributed by atoms with E-state index in [1.54, 1.807) is 17.7 Å². The predicted molar refractivity (Wildman–Crippen MR) is 123 cm³/mol. The summed E-state index contributed by atoms with van der Waals surface area (Å²) in [6.45, 7) is 1.81. The molecule has 2 heterocycles. The minimum absolute atomic E-state index is 0.0420. The van der Waals surface area contributed by atoms with Crippen LogP contribution in [0.1, 0.15) is 12.0 Å². The summed E-state index contributed by atoms with van der Waals surface area (Å²) >= 11 is 0. The van der Waals surface area contributed by atoms with E-state index < -0.39 is 12.1 Å². The SMILES string of the molecule is Cn1c(=O)ccc2ccc(-c3ccc(CC(C#N)NC(=O)C4CNCCCO4)cc3)cc21. The topological polar surface area (TPSA) is 96.2 Å². The summed E-state index contributed by atoms with van der Waals surface area (Å²) in [6.07, 6.45) is 0.708. The molecule has 1 aliphatic heterocycles. The number of nitrogens with zero attached hydrogens (tertiary/aromatic N) is 2. The fourth-order valence-electron chi connectivity index (χ4n) is 3.89. The van der Waals surface area contributed by atoms with Crippen LogP contribution in [0.4, 0.5) is 0 Å². The van der Waals surface area contributed by atoms with Gasteiger partial charge in [0.15, 0.2) is 0 Å². The number of ether oxygens (including phenoxy) is 1. The number of nitriles is 1. The first kappa shape index (κ1) is 21.8. The Kier molecular flexibility index (Phi) is 6.64. The van der Waals surface area contributed by atoms with Crippen LogP contribution in [0.5, 0.6) is 0 Å². The molecule has 0 saturated carbocycles. The van der Waals surface area contributed by atoms with Crippen molar-refractivity contribution in [3.8, 4) is 17.2 Å². The monoisotopic (exact) mass is 430 g/mol. The molecule has 0 bridgehead atoms. The van der Waals surface area contributed by atoms with Gasteiger partial charge in [-0.1, -0.05) is 36.4 Å². The summed E-state index contributed by atoms with van der Waals surface area (Å²) < 4.78 is 7.21. The largest absolute Gasteiger partial charge is 0.367 e. The van der Waals surface area contributed by atoms with Crippen LogP contribution < -0.4 is 16.2 Å². The third-order valence-corrected chi connectivity index (χ3v) is 5.77. The summed E-state index contributed by atoms with van der Waals surface area (Å²) in [5.41, 5.74) is 3.81. The van der Waals surface area contributed by atoms with Gasteiger partial charge in [0, 0.05) is 32.7 Å². The molecule has 1 saturated heterocycles. The van der Waals surface area contributed by atoms with Gasteiger partial charge in [-0.15, -0.1) is 0 Å². The first-order valence-electron chi connectivity index (χ1n) is 10.8. The number of rotatable bonds is 5. The Morgan fingerprint density at radius 2 is 1.97 bits per heavy atom. The number of pyridine rings is 1. The van der Waals surface area contributed by atoms with Crippen molar-refractivity contribution in [1.82, 2.24) is 15.2 Å². The van der Waals surface area contributed by atoms with Gasteiger partial charge < -0.3 is 19.9 Å². The lowest BCUT2D eigenvalue weighted by Gasteiger charge is -2.18. The van der Waals surface area contributed by atoms with Gasteiger partial charge in [-0.2, -0.15) is 5.26 Å². The number of fused-ring (bicyclic) bond motifs is 1. The average molecular weight is 431 g/mol. The first-order valence-corrected chi connectivity index (χ1v) is 10.8. The standard InChI is InChI=1S/C25H26N4O3/c1-29-22-14-20(8-7-19(22)9-10-24(29)30)18-5-3-17(4-6-18)13-21(15-26)28-25(31)23-16-27-11-2-12-32-23/h3-10,14,21,23,27H,2,11-13,16H2,1H3,(H,28,31). The van der Waals surface area contributed by atoms with E-state index in [1.807, 2.05) is 48.5 Å². The highest BCUT2D eigenvalue weighted by atomic mass is 16.5. The van der Waals surface area contributed by atoms with E-state index >= 15 is 0 Å². The molecule has 32 heavy (non-hydrogen) atoms. The Balaban J connectivity index is 1.45. The molecule has 2 aromatic carbocycles. The molecule has 7 heteroatoms. The van der Waals surface area contributed by atoms with Crippen molar-refractivity contribution in [3.05, 3.63) is 70.5 Å². The molecule has 7 nitrogen and oxygen atoms in total. The minimum Gasteiger partial charge on any atom is -0.367 e. The van der Waals surface area contributed by atoms with E-state index in [4.69, 9.17) is 4.74 Å². The van der Waals surface area contributed by atoms with Gasteiger partial charge in [-0.05, 0) is 47.2 Å². The van der Waals surface area contributed by atoms with Crippen LogP contribution in [0.25, 0.3) is 22.0 Å². The molecular weight excluding hydrogens is 404 g/mol. The average Bonchev–Trinajstić information content (AvgIpc) is 3.11. The number of hydrogen-bond acceptors (Lipinski definition) is 5. The van der Waals surface area contributed by atoms with Crippen LogP contribution in [0.3, 0.4) is 0 Å². The Hall–Kier alpha value is -3.47. The van der Waals surface area contributed by atoms with Crippen molar-refractivity contribution < 1.29 is 9.53 Å². The van der Waals surface area contributed by atoms with E-state index in [2.05, 4.69) is 16.7 Å². The Morgan fingerprint density at radius 3 is 2.75 bits per heavy atom. The smallest absolute Gasteiger partial charge is 0.251 e. The fourth-order valence-corrected chi connectivity index (χ4v) is 3.89. The van der Waals surface area contributed by atoms with Gasteiger partial charge in [0.05, 0.1) is 11.6 Å². The number of nitrogens with one attached hydrogen (secondary N) is 2. The number of aryl methyl sites for hydroxylation is 1.